The summed E-state index contributed by atoms with van der Waals surface area (Å²) in [6.07, 6.45) is -2.54. The molecule has 0 radical (unpaired) electrons. The zero-order chi connectivity index (χ0) is 7.65. The van der Waals surface area contributed by atoms with E-state index in [0.29, 0.717) is 0 Å². The van der Waals surface area contributed by atoms with Crippen molar-refractivity contribution in [2.45, 2.75) is 27.2 Å². The molecule has 0 aromatic rings. The highest BCUT2D eigenvalue weighted by Crippen LogP contribution is 2.17. The van der Waals surface area contributed by atoms with Crippen LogP contribution in [-0.4, -0.2) is 6.43 Å². The second-order valence-electron chi connectivity index (χ2n) is 2.20. The fraction of sp³-hybridized carbons (Fsp3) is 1.00. The molecule has 0 bridgehead atoms. The summed E-state index contributed by atoms with van der Waals surface area (Å²) in [5.74, 6) is -1.88. The molecule has 1 atom stereocenters. The topological polar surface area (TPSA) is 0 Å². The van der Waals surface area contributed by atoms with Crippen molar-refractivity contribution in [3.63, 3.8) is 0 Å². The minimum Gasteiger partial charge on any atom is -0.210 e. The SMILES string of the molecule is [2H]C(C)(C(C)C)C(F)F. The molecule has 0 fully saturated rings. The summed E-state index contributed by atoms with van der Waals surface area (Å²) < 4.78 is 30.8. The first-order chi connectivity index (χ1) is 3.89. The second-order valence-corrected chi connectivity index (χ2v) is 2.20. The van der Waals surface area contributed by atoms with Gasteiger partial charge in [-0.25, -0.2) is 8.78 Å². The van der Waals surface area contributed by atoms with E-state index in [-0.39, 0.29) is 5.92 Å². The Hall–Kier alpha value is -0.140. The van der Waals surface area contributed by atoms with E-state index >= 15 is 0 Å². The van der Waals surface area contributed by atoms with Crippen LogP contribution in [0, 0.1) is 11.8 Å². The van der Waals surface area contributed by atoms with Crippen LogP contribution in [0.3, 0.4) is 0 Å². The van der Waals surface area contributed by atoms with Gasteiger partial charge in [0.1, 0.15) is 0 Å². The summed E-state index contributed by atoms with van der Waals surface area (Å²) in [7, 11) is 0. The lowest BCUT2D eigenvalue weighted by Gasteiger charge is -2.12. The quantitative estimate of drug-likeness (QED) is 0.529. The molecule has 0 heterocycles. The molecule has 50 valence electrons. The Labute approximate surface area is 50.3 Å². The first-order valence-electron chi connectivity index (χ1n) is 3.17. The minimum absolute atomic E-state index is 0.294. The number of halogens is 2. The van der Waals surface area contributed by atoms with E-state index < -0.39 is 12.3 Å². The summed E-state index contributed by atoms with van der Waals surface area (Å²) in [5, 5.41) is 0. The normalized spacial score (nSPS) is 21.1. The van der Waals surface area contributed by atoms with Crippen LogP contribution in [-0.2, 0) is 0 Å². The van der Waals surface area contributed by atoms with E-state index in [9.17, 15) is 8.78 Å². The van der Waals surface area contributed by atoms with Gasteiger partial charge in [-0.2, -0.15) is 0 Å². The molecule has 0 nitrogen and oxygen atoms in total. The van der Waals surface area contributed by atoms with Crippen LogP contribution < -0.4 is 0 Å². The average molecular weight is 123 g/mol. The average Bonchev–Trinajstić information content (AvgIpc) is 1.65. The fourth-order valence-corrected chi connectivity index (χ4v) is 0.252. The lowest BCUT2D eigenvalue weighted by molar-refractivity contribution is 0.0626. The van der Waals surface area contributed by atoms with Crippen LogP contribution in [0.4, 0.5) is 8.78 Å². The summed E-state index contributed by atoms with van der Waals surface area (Å²) in [4.78, 5) is 0. The Kier molecular flexibility index (Phi) is 2.25. The lowest BCUT2D eigenvalue weighted by Crippen LogP contribution is -2.12. The fourth-order valence-electron chi connectivity index (χ4n) is 0.252. The van der Waals surface area contributed by atoms with Crippen LogP contribution >= 0.6 is 0 Å². The number of alkyl halides is 2. The molecule has 0 rings (SSSR count). The van der Waals surface area contributed by atoms with Crippen molar-refractivity contribution in [1.82, 2.24) is 0 Å². The maximum Gasteiger partial charge on any atom is 0.241 e. The third kappa shape index (κ3) is 2.24. The van der Waals surface area contributed by atoms with Gasteiger partial charge in [0.05, 0.1) is 0 Å². The van der Waals surface area contributed by atoms with Crippen molar-refractivity contribution in [2.24, 2.45) is 11.8 Å². The van der Waals surface area contributed by atoms with E-state index in [1.54, 1.807) is 13.8 Å². The van der Waals surface area contributed by atoms with Crippen molar-refractivity contribution >= 4 is 0 Å². The van der Waals surface area contributed by atoms with Crippen LogP contribution in [0.15, 0.2) is 0 Å². The Morgan fingerprint density at radius 2 is 1.62 bits per heavy atom. The van der Waals surface area contributed by atoms with Gasteiger partial charge in [-0.05, 0) is 5.92 Å². The lowest BCUT2D eigenvalue weighted by atomic mass is 9.99. The number of rotatable bonds is 2. The van der Waals surface area contributed by atoms with E-state index in [1.165, 1.54) is 6.92 Å². The number of hydrogen-bond acceptors (Lipinski definition) is 0. The van der Waals surface area contributed by atoms with Crippen molar-refractivity contribution in [2.75, 3.05) is 0 Å². The van der Waals surface area contributed by atoms with E-state index in [2.05, 4.69) is 0 Å². The molecule has 0 aromatic carbocycles. The molecule has 8 heavy (non-hydrogen) atoms. The molecule has 0 spiro atoms. The Bertz CT molecular complexity index is 79.1. The van der Waals surface area contributed by atoms with Crippen molar-refractivity contribution in [3.8, 4) is 0 Å². The van der Waals surface area contributed by atoms with Gasteiger partial charge in [-0.3, -0.25) is 0 Å². The molecule has 2 heteroatoms. The van der Waals surface area contributed by atoms with Crippen molar-refractivity contribution < 1.29 is 10.2 Å². The summed E-state index contributed by atoms with van der Waals surface area (Å²) >= 11 is 0. The molecule has 0 aliphatic carbocycles. The molecular weight excluding hydrogens is 110 g/mol. The molecule has 0 saturated heterocycles. The van der Waals surface area contributed by atoms with Gasteiger partial charge < -0.3 is 0 Å². The third-order valence-electron chi connectivity index (χ3n) is 1.25. The standard InChI is InChI=1S/C6H12F2/c1-4(2)5(3)6(7)8/h4-6H,1-3H3/i5D. The highest BCUT2D eigenvalue weighted by Gasteiger charge is 2.17. The molecule has 0 aromatic heterocycles. The first-order valence-corrected chi connectivity index (χ1v) is 2.67. The van der Waals surface area contributed by atoms with Gasteiger partial charge in [0.2, 0.25) is 6.43 Å². The maximum absolute atomic E-state index is 11.9. The monoisotopic (exact) mass is 123 g/mol. The predicted octanol–water partition coefficient (Wildman–Crippen LogP) is 2.54. The van der Waals surface area contributed by atoms with Gasteiger partial charge in [-0.1, -0.05) is 20.8 Å². The zero-order valence-corrected chi connectivity index (χ0v) is 5.41. The Balaban J connectivity index is 4.01. The molecule has 0 N–H and O–H groups in total. The maximum atomic E-state index is 11.9. The minimum atomic E-state index is -2.54. The molecule has 1 unspecified atom stereocenters. The van der Waals surface area contributed by atoms with Crippen LogP contribution in [0.1, 0.15) is 22.1 Å². The van der Waals surface area contributed by atoms with Crippen molar-refractivity contribution in [3.05, 3.63) is 0 Å². The summed E-state index contributed by atoms with van der Waals surface area (Å²) in [6.45, 7) is 4.50. The van der Waals surface area contributed by atoms with Gasteiger partial charge in [0.15, 0.2) is 0 Å². The smallest absolute Gasteiger partial charge is 0.210 e. The van der Waals surface area contributed by atoms with Crippen LogP contribution in [0.5, 0.6) is 0 Å². The Morgan fingerprint density at radius 1 is 1.25 bits per heavy atom. The molecular formula is C6H12F2. The van der Waals surface area contributed by atoms with Crippen LogP contribution in [0.25, 0.3) is 0 Å². The van der Waals surface area contributed by atoms with Gasteiger partial charge in [0.25, 0.3) is 0 Å². The first kappa shape index (κ1) is 5.99. The molecule has 0 aliphatic heterocycles. The summed E-state index contributed by atoms with van der Waals surface area (Å²) in [5.41, 5.74) is 0. The highest BCUT2D eigenvalue weighted by molar-refractivity contribution is 4.57. The molecule has 0 aliphatic rings. The summed E-state index contributed by atoms with van der Waals surface area (Å²) in [6, 6.07) is 0. The van der Waals surface area contributed by atoms with E-state index in [1.807, 2.05) is 0 Å². The van der Waals surface area contributed by atoms with Gasteiger partial charge >= 0.3 is 0 Å². The van der Waals surface area contributed by atoms with Crippen molar-refractivity contribution in [1.29, 1.82) is 0 Å². The van der Waals surface area contributed by atoms with Gasteiger partial charge in [-0.15, -0.1) is 0 Å². The largest absolute Gasteiger partial charge is 0.241 e. The zero-order valence-electron chi connectivity index (χ0n) is 6.41. The second kappa shape index (κ2) is 3.00. The Morgan fingerprint density at radius 3 is 1.62 bits per heavy atom. The van der Waals surface area contributed by atoms with Crippen LogP contribution in [0.2, 0.25) is 0 Å². The predicted molar refractivity (Wildman–Crippen MR) is 30.0 cm³/mol. The molecule has 0 saturated carbocycles. The number of hydrogen-bond donors (Lipinski definition) is 0. The van der Waals surface area contributed by atoms with E-state index in [0.717, 1.165) is 0 Å². The van der Waals surface area contributed by atoms with Gasteiger partial charge in [0, 0.05) is 7.26 Å². The highest BCUT2D eigenvalue weighted by atomic mass is 19.3. The van der Waals surface area contributed by atoms with E-state index in [4.69, 9.17) is 1.37 Å². The molecule has 0 amide bonds. The third-order valence-corrected chi connectivity index (χ3v) is 1.25.